The van der Waals surface area contributed by atoms with Crippen LogP contribution in [0.2, 0.25) is 0 Å². The van der Waals surface area contributed by atoms with E-state index < -0.39 is 23.1 Å². The summed E-state index contributed by atoms with van der Waals surface area (Å²) in [4.78, 5) is 15.6. The summed E-state index contributed by atoms with van der Waals surface area (Å²) in [5, 5.41) is 11.1. The van der Waals surface area contributed by atoms with Crippen molar-refractivity contribution in [1.82, 2.24) is 4.90 Å². The van der Waals surface area contributed by atoms with E-state index in [2.05, 4.69) is 6.92 Å². The van der Waals surface area contributed by atoms with Gasteiger partial charge in [-0.1, -0.05) is 46.1 Å². The zero-order valence-electron chi connectivity index (χ0n) is 22.2. The van der Waals surface area contributed by atoms with Crippen molar-refractivity contribution in [3.05, 3.63) is 62.5 Å². The van der Waals surface area contributed by atoms with E-state index in [1.807, 2.05) is 24.8 Å². The van der Waals surface area contributed by atoms with Gasteiger partial charge in [0.15, 0.2) is 0 Å². The van der Waals surface area contributed by atoms with Crippen LogP contribution in [-0.4, -0.2) is 23.1 Å². The molecule has 1 N–H and O–H groups in total. The molecular formula is C29H36F3NO4. The molecule has 0 aliphatic rings. The van der Waals surface area contributed by atoms with E-state index in [4.69, 9.17) is 9.15 Å². The summed E-state index contributed by atoms with van der Waals surface area (Å²) in [5.41, 5.74) is 1.11. The van der Waals surface area contributed by atoms with E-state index in [1.54, 1.807) is 26.0 Å². The predicted molar refractivity (Wildman–Crippen MR) is 140 cm³/mol. The Morgan fingerprint density at radius 2 is 1.62 bits per heavy atom. The molecule has 0 saturated heterocycles. The van der Waals surface area contributed by atoms with E-state index in [0.29, 0.717) is 25.1 Å². The van der Waals surface area contributed by atoms with Crippen LogP contribution in [0, 0.1) is 13.8 Å². The number of fused-ring (bicyclic) bond motifs is 1. The molecule has 0 radical (unpaired) electrons. The van der Waals surface area contributed by atoms with Crippen LogP contribution < -0.4 is 10.2 Å². The van der Waals surface area contributed by atoms with Gasteiger partial charge in [0, 0.05) is 6.54 Å². The highest BCUT2D eigenvalue weighted by atomic mass is 19.4. The maximum Gasteiger partial charge on any atom is 0.453 e. The van der Waals surface area contributed by atoms with E-state index in [0.717, 1.165) is 36.8 Å². The summed E-state index contributed by atoms with van der Waals surface area (Å²) < 4.78 is 53.6. The molecule has 1 heterocycles. The van der Waals surface area contributed by atoms with Crippen molar-refractivity contribution in [2.24, 2.45) is 0 Å². The third-order valence-electron chi connectivity index (χ3n) is 6.54. The average molecular weight is 520 g/mol. The molecule has 37 heavy (non-hydrogen) atoms. The van der Waals surface area contributed by atoms with Gasteiger partial charge in [-0.05, 0) is 74.7 Å². The van der Waals surface area contributed by atoms with Crippen molar-refractivity contribution in [2.45, 2.75) is 79.4 Å². The summed E-state index contributed by atoms with van der Waals surface area (Å²) in [6, 6.07) is 6.45. The number of phenols is 1. The third-order valence-corrected chi connectivity index (χ3v) is 6.54. The number of nitrogens with zero attached hydrogens (tertiary/aromatic N) is 1. The van der Waals surface area contributed by atoms with Gasteiger partial charge in [0.1, 0.15) is 17.1 Å². The lowest BCUT2D eigenvalue weighted by Gasteiger charge is -2.22. The van der Waals surface area contributed by atoms with Gasteiger partial charge >= 0.3 is 6.18 Å². The number of unbranched alkanes of at least 4 members (excludes halogenated alkanes) is 3. The predicted octanol–water partition coefficient (Wildman–Crippen LogP) is 7.89. The van der Waals surface area contributed by atoms with Gasteiger partial charge < -0.3 is 14.3 Å². The van der Waals surface area contributed by atoms with Crippen molar-refractivity contribution in [3.63, 3.8) is 0 Å². The fourth-order valence-corrected chi connectivity index (χ4v) is 4.57. The fraction of sp³-hybridized carbons (Fsp3) is 0.483. The van der Waals surface area contributed by atoms with E-state index >= 15 is 0 Å². The van der Waals surface area contributed by atoms with Gasteiger partial charge in [-0.3, -0.25) is 9.69 Å². The van der Waals surface area contributed by atoms with Crippen molar-refractivity contribution < 1.29 is 27.4 Å². The van der Waals surface area contributed by atoms with Crippen LogP contribution >= 0.6 is 0 Å². The summed E-state index contributed by atoms with van der Waals surface area (Å²) in [6.07, 6.45) is -0.674. The standard InChI is InChI=1S/C29H36F3NO4/c1-6-9-10-11-12-20-16-22-25(35)27(36-21-14-18(4)13-19(5)15-21)28(29(30,31)32)37-26(22)23(24(20)34)17-33(7-2)8-3/h13-16,34H,6-12,17H2,1-5H3. The molecule has 8 heteroatoms. The first-order chi connectivity index (χ1) is 17.5. The minimum absolute atomic E-state index is 0.0298. The molecule has 0 spiro atoms. The van der Waals surface area contributed by atoms with Crippen LogP contribution in [0.15, 0.2) is 33.5 Å². The van der Waals surface area contributed by atoms with Crippen LogP contribution in [0.4, 0.5) is 13.2 Å². The highest BCUT2D eigenvalue weighted by Crippen LogP contribution is 2.41. The second kappa shape index (κ2) is 12.0. The number of rotatable bonds is 11. The van der Waals surface area contributed by atoms with Gasteiger partial charge in [-0.25, -0.2) is 0 Å². The normalized spacial score (nSPS) is 12.0. The Morgan fingerprint density at radius 3 is 2.19 bits per heavy atom. The Morgan fingerprint density at radius 1 is 0.973 bits per heavy atom. The van der Waals surface area contributed by atoms with Gasteiger partial charge in [-0.2, -0.15) is 13.2 Å². The third kappa shape index (κ3) is 6.66. The minimum Gasteiger partial charge on any atom is -0.507 e. The van der Waals surface area contributed by atoms with E-state index in [-0.39, 0.29) is 34.6 Å². The smallest absolute Gasteiger partial charge is 0.453 e. The summed E-state index contributed by atoms with van der Waals surface area (Å²) in [6.45, 7) is 10.9. The quantitative estimate of drug-likeness (QED) is 0.261. The maximum atomic E-state index is 14.2. The number of aromatic hydroxyl groups is 1. The number of halogens is 3. The lowest BCUT2D eigenvalue weighted by Crippen LogP contribution is -2.23. The molecule has 0 fully saturated rings. The molecule has 0 saturated carbocycles. The van der Waals surface area contributed by atoms with Crippen LogP contribution in [-0.2, 0) is 19.1 Å². The molecule has 1 aromatic heterocycles. The summed E-state index contributed by atoms with van der Waals surface area (Å²) in [7, 11) is 0. The summed E-state index contributed by atoms with van der Waals surface area (Å²) in [5.74, 6) is -2.41. The van der Waals surface area contributed by atoms with Gasteiger partial charge in [0.25, 0.3) is 5.76 Å². The van der Waals surface area contributed by atoms with E-state index in [1.165, 1.54) is 6.07 Å². The number of benzene rings is 2. The largest absolute Gasteiger partial charge is 0.507 e. The molecule has 0 aliphatic carbocycles. The average Bonchev–Trinajstić information content (AvgIpc) is 2.82. The van der Waals surface area contributed by atoms with Crippen molar-refractivity contribution in [2.75, 3.05) is 13.1 Å². The Labute approximate surface area is 215 Å². The molecule has 3 aromatic rings. The first kappa shape index (κ1) is 28.6. The van der Waals surface area contributed by atoms with Gasteiger partial charge in [0.05, 0.1) is 10.9 Å². The zero-order chi connectivity index (χ0) is 27.3. The number of phenolic OH excluding ortho intramolecular Hbond substituents is 1. The number of hydrogen-bond donors (Lipinski definition) is 1. The molecule has 202 valence electrons. The van der Waals surface area contributed by atoms with Crippen LogP contribution in [0.3, 0.4) is 0 Å². The Hall–Kier alpha value is -3.00. The number of hydrogen-bond acceptors (Lipinski definition) is 5. The molecule has 0 atom stereocenters. The highest BCUT2D eigenvalue weighted by Gasteiger charge is 2.41. The number of aryl methyl sites for hydroxylation is 3. The highest BCUT2D eigenvalue weighted by molar-refractivity contribution is 5.85. The SMILES string of the molecule is CCCCCCc1cc2c(=O)c(Oc3cc(C)cc(C)c3)c(C(F)(F)F)oc2c(CN(CC)CC)c1O. The monoisotopic (exact) mass is 519 g/mol. The fourth-order valence-electron chi connectivity index (χ4n) is 4.57. The van der Waals surface area contributed by atoms with E-state index in [9.17, 15) is 23.1 Å². The molecule has 0 amide bonds. The molecule has 3 rings (SSSR count). The molecule has 0 unspecified atom stereocenters. The zero-order valence-corrected chi connectivity index (χ0v) is 22.2. The Kier molecular flexibility index (Phi) is 9.29. The van der Waals surface area contributed by atoms with Crippen molar-refractivity contribution in [1.29, 1.82) is 0 Å². The lowest BCUT2D eigenvalue weighted by atomic mass is 9.98. The lowest BCUT2D eigenvalue weighted by molar-refractivity contribution is -0.154. The second-order valence-corrected chi connectivity index (χ2v) is 9.52. The van der Waals surface area contributed by atoms with Crippen LogP contribution in [0.5, 0.6) is 17.2 Å². The van der Waals surface area contributed by atoms with Crippen LogP contribution in [0.1, 0.15) is 74.5 Å². The topological polar surface area (TPSA) is 62.9 Å². The number of alkyl halides is 3. The summed E-state index contributed by atoms with van der Waals surface area (Å²) >= 11 is 0. The second-order valence-electron chi connectivity index (χ2n) is 9.52. The van der Waals surface area contributed by atoms with Gasteiger partial charge in [-0.15, -0.1) is 0 Å². The molecule has 2 aromatic carbocycles. The molecule has 5 nitrogen and oxygen atoms in total. The molecule has 0 bridgehead atoms. The Bertz CT molecular complexity index is 1270. The first-order valence-corrected chi connectivity index (χ1v) is 12.9. The maximum absolute atomic E-state index is 14.2. The Balaban J connectivity index is 2.28. The minimum atomic E-state index is -4.98. The molecular weight excluding hydrogens is 483 g/mol. The van der Waals surface area contributed by atoms with Gasteiger partial charge in [0.2, 0.25) is 11.2 Å². The first-order valence-electron chi connectivity index (χ1n) is 12.9. The van der Waals surface area contributed by atoms with Crippen molar-refractivity contribution >= 4 is 11.0 Å². The van der Waals surface area contributed by atoms with Crippen molar-refractivity contribution in [3.8, 4) is 17.2 Å². The molecule has 0 aliphatic heterocycles. The number of ether oxygens (including phenoxy) is 1. The van der Waals surface area contributed by atoms with Crippen LogP contribution in [0.25, 0.3) is 11.0 Å².